The lowest BCUT2D eigenvalue weighted by Crippen LogP contribution is -2.12. The Labute approximate surface area is 85.2 Å². The van der Waals surface area contributed by atoms with Gasteiger partial charge in [-0.25, -0.2) is 4.79 Å². The highest BCUT2D eigenvalue weighted by molar-refractivity contribution is 5.93. The Morgan fingerprint density at radius 2 is 2.07 bits per heavy atom. The first-order valence-electron chi connectivity index (χ1n) is 3.93. The van der Waals surface area contributed by atoms with Crippen molar-refractivity contribution in [1.82, 2.24) is 0 Å². The molecule has 6 heteroatoms. The zero-order valence-electron chi connectivity index (χ0n) is 7.89. The predicted molar refractivity (Wildman–Crippen MR) is 49.7 cm³/mol. The van der Waals surface area contributed by atoms with E-state index in [4.69, 9.17) is 5.73 Å². The Morgan fingerprint density at radius 1 is 1.40 bits per heavy atom. The number of amides is 1. The molecule has 1 aromatic carbocycles. The minimum absolute atomic E-state index is 0.117. The van der Waals surface area contributed by atoms with Crippen molar-refractivity contribution in [3.05, 3.63) is 23.8 Å². The molecule has 1 amide bonds. The van der Waals surface area contributed by atoms with Gasteiger partial charge in [-0.15, -0.1) is 0 Å². The molecule has 0 fully saturated rings. The van der Waals surface area contributed by atoms with Crippen LogP contribution in [0.1, 0.15) is 10.4 Å². The number of aromatic hydroxyl groups is 1. The topological polar surface area (TPSA) is 98.9 Å². The van der Waals surface area contributed by atoms with Gasteiger partial charge in [-0.2, -0.15) is 0 Å². The van der Waals surface area contributed by atoms with E-state index < -0.39 is 12.1 Å². The minimum Gasteiger partial charge on any atom is -0.504 e. The van der Waals surface area contributed by atoms with Crippen molar-refractivity contribution in [3.63, 3.8) is 0 Å². The molecule has 0 atom stereocenters. The maximum Gasteiger partial charge on any atom is 0.513 e. The molecule has 0 aliphatic heterocycles. The van der Waals surface area contributed by atoms with E-state index in [0.717, 1.165) is 13.2 Å². The van der Waals surface area contributed by atoms with Crippen LogP contribution in [0.25, 0.3) is 0 Å². The number of hydrogen-bond acceptors (Lipinski definition) is 5. The van der Waals surface area contributed by atoms with Crippen molar-refractivity contribution in [2.45, 2.75) is 0 Å². The molecule has 3 N–H and O–H groups in total. The molecule has 1 aromatic rings. The SMILES string of the molecule is COC(=O)Oc1cc(C(N)=O)ccc1O. The van der Waals surface area contributed by atoms with Gasteiger partial charge in [0.1, 0.15) is 0 Å². The molecule has 0 radical (unpaired) electrons. The number of phenolic OH excluding ortho intramolecular Hbond substituents is 1. The van der Waals surface area contributed by atoms with Crippen LogP contribution >= 0.6 is 0 Å². The third kappa shape index (κ3) is 2.60. The lowest BCUT2D eigenvalue weighted by atomic mass is 10.2. The normalized spacial score (nSPS) is 9.40. The summed E-state index contributed by atoms with van der Waals surface area (Å²) >= 11 is 0. The van der Waals surface area contributed by atoms with E-state index in [1.165, 1.54) is 12.1 Å². The summed E-state index contributed by atoms with van der Waals surface area (Å²) in [7, 11) is 1.12. The number of hydrogen-bond donors (Lipinski definition) is 2. The smallest absolute Gasteiger partial charge is 0.504 e. The highest BCUT2D eigenvalue weighted by Gasteiger charge is 2.11. The molecule has 15 heavy (non-hydrogen) atoms. The van der Waals surface area contributed by atoms with Gasteiger partial charge in [-0.3, -0.25) is 4.79 Å². The average Bonchev–Trinajstić information content (AvgIpc) is 2.20. The maximum absolute atomic E-state index is 10.8. The largest absolute Gasteiger partial charge is 0.513 e. The number of nitrogens with two attached hydrogens (primary N) is 1. The lowest BCUT2D eigenvalue weighted by molar-refractivity contribution is 0.0997. The fourth-order valence-electron chi connectivity index (χ4n) is 0.881. The van der Waals surface area contributed by atoms with Crippen molar-refractivity contribution in [2.75, 3.05) is 7.11 Å². The Balaban J connectivity index is 3.00. The number of methoxy groups -OCH3 is 1. The number of carbonyl (C=O) groups is 2. The number of phenols is 1. The molecule has 80 valence electrons. The van der Waals surface area contributed by atoms with Crippen LogP contribution in [0.5, 0.6) is 11.5 Å². The molecule has 0 saturated heterocycles. The number of rotatable bonds is 2. The van der Waals surface area contributed by atoms with E-state index in [1.807, 2.05) is 0 Å². The summed E-state index contributed by atoms with van der Waals surface area (Å²) in [5, 5.41) is 9.28. The molecule has 0 aliphatic carbocycles. The van der Waals surface area contributed by atoms with Crippen LogP contribution in [0.4, 0.5) is 4.79 Å². The summed E-state index contributed by atoms with van der Waals surface area (Å²) in [6.07, 6.45) is -0.994. The highest BCUT2D eigenvalue weighted by Crippen LogP contribution is 2.26. The van der Waals surface area contributed by atoms with Crippen LogP contribution < -0.4 is 10.5 Å². The highest BCUT2D eigenvalue weighted by atomic mass is 16.7. The van der Waals surface area contributed by atoms with E-state index in [2.05, 4.69) is 9.47 Å². The van der Waals surface area contributed by atoms with Gasteiger partial charge in [-0.05, 0) is 18.2 Å². The second kappa shape index (κ2) is 4.32. The summed E-state index contributed by atoms with van der Waals surface area (Å²) < 4.78 is 8.79. The molecule has 1 rings (SSSR count). The maximum atomic E-state index is 10.8. The molecule has 0 heterocycles. The standard InChI is InChI=1S/C9H9NO5/c1-14-9(13)15-7-4-5(8(10)12)2-3-6(7)11/h2-4,11H,1H3,(H2,10,12). The fourth-order valence-corrected chi connectivity index (χ4v) is 0.881. The van der Waals surface area contributed by atoms with Gasteiger partial charge in [0.25, 0.3) is 0 Å². The van der Waals surface area contributed by atoms with Gasteiger partial charge >= 0.3 is 6.16 Å². The van der Waals surface area contributed by atoms with E-state index in [-0.39, 0.29) is 17.1 Å². The Hall–Kier alpha value is -2.24. The van der Waals surface area contributed by atoms with Crippen molar-refractivity contribution < 1.29 is 24.2 Å². The Morgan fingerprint density at radius 3 is 2.60 bits per heavy atom. The molecule has 0 aromatic heterocycles. The van der Waals surface area contributed by atoms with Crippen molar-refractivity contribution in [3.8, 4) is 11.5 Å². The van der Waals surface area contributed by atoms with Gasteiger partial charge in [0.15, 0.2) is 11.5 Å². The fraction of sp³-hybridized carbons (Fsp3) is 0.111. The van der Waals surface area contributed by atoms with Crippen molar-refractivity contribution >= 4 is 12.1 Å². The zero-order valence-corrected chi connectivity index (χ0v) is 7.89. The minimum atomic E-state index is -0.994. The van der Waals surface area contributed by atoms with Crippen molar-refractivity contribution in [1.29, 1.82) is 0 Å². The molecule has 0 aliphatic rings. The third-order valence-corrected chi connectivity index (χ3v) is 1.60. The van der Waals surface area contributed by atoms with Crippen LogP contribution in [0.15, 0.2) is 18.2 Å². The van der Waals surface area contributed by atoms with Crippen LogP contribution in [-0.2, 0) is 4.74 Å². The third-order valence-electron chi connectivity index (χ3n) is 1.60. The van der Waals surface area contributed by atoms with Gasteiger partial charge in [0.05, 0.1) is 7.11 Å². The first-order chi connectivity index (χ1) is 7.04. The Kier molecular flexibility index (Phi) is 3.12. The lowest BCUT2D eigenvalue weighted by Gasteiger charge is -2.05. The summed E-state index contributed by atoms with van der Waals surface area (Å²) in [6.45, 7) is 0. The monoisotopic (exact) mass is 211 g/mol. The van der Waals surface area contributed by atoms with Crippen LogP contribution in [0, 0.1) is 0 Å². The number of ether oxygens (including phenoxy) is 2. The van der Waals surface area contributed by atoms with Gasteiger partial charge in [0, 0.05) is 5.56 Å². The van der Waals surface area contributed by atoms with Crippen LogP contribution in [0.2, 0.25) is 0 Å². The first kappa shape index (κ1) is 10.8. The first-order valence-corrected chi connectivity index (χ1v) is 3.93. The van der Waals surface area contributed by atoms with Crippen molar-refractivity contribution in [2.24, 2.45) is 5.73 Å². The van der Waals surface area contributed by atoms with E-state index in [9.17, 15) is 14.7 Å². The molecule has 0 bridgehead atoms. The van der Waals surface area contributed by atoms with Gasteiger partial charge in [0.2, 0.25) is 5.91 Å². The van der Waals surface area contributed by atoms with E-state index >= 15 is 0 Å². The molecule has 6 nitrogen and oxygen atoms in total. The Bertz CT molecular complexity index is 401. The summed E-state index contributed by atoms with van der Waals surface area (Å²) in [6, 6.07) is 3.65. The average molecular weight is 211 g/mol. The summed E-state index contributed by atoms with van der Waals surface area (Å²) in [5.74, 6) is -1.16. The molecule has 0 spiro atoms. The molecular formula is C9H9NO5. The predicted octanol–water partition coefficient (Wildman–Crippen LogP) is 0.636. The van der Waals surface area contributed by atoms with E-state index in [1.54, 1.807) is 0 Å². The summed E-state index contributed by atoms with van der Waals surface area (Å²) in [5.41, 5.74) is 5.12. The van der Waals surface area contributed by atoms with Crippen LogP contribution in [-0.4, -0.2) is 24.3 Å². The second-order valence-electron chi connectivity index (χ2n) is 2.60. The number of benzene rings is 1. The molecular weight excluding hydrogens is 202 g/mol. The summed E-state index contributed by atoms with van der Waals surface area (Å²) in [4.78, 5) is 21.5. The van der Waals surface area contributed by atoms with Gasteiger partial charge < -0.3 is 20.3 Å². The molecule has 0 saturated carbocycles. The van der Waals surface area contributed by atoms with Crippen LogP contribution in [0.3, 0.4) is 0 Å². The molecule has 0 unspecified atom stereocenters. The number of primary amides is 1. The van der Waals surface area contributed by atoms with E-state index in [0.29, 0.717) is 0 Å². The zero-order chi connectivity index (χ0) is 11.4. The quantitative estimate of drug-likeness (QED) is 0.552. The number of carbonyl (C=O) groups excluding carboxylic acids is 2. The second-order valence-corrected chi connectivity index (χ2v) is 2.60. The van der Waals surface area contributed by atoms with Gasteiger partial charge in [-0.1, -0.05) is 0 Å².